The quantitative estimate of drug-likeness (QED) is 0.334. The van der Waals surface area contributed by atoms with E-state index in [1.807, 2.05) is 23.3 Å². The van der Waals surface area contributed by atoms with E-state index in [0.29, 0.717) is 0 Å². The molecule has 0 radical (unpaired) electrons. The first-order valence-electron chi connectivity index (χ1n) is 6.94. The van der Waals surface area contributed by atoms with E-state index >= 15 is 0 Å². The number of hydrogen-bond donors (Lipinski definition) is 2. The van der Waals surface area contributed by atoms with Gasteiger partial charge in [-0.25, -0.2) is 9.98 Å². The van der Waals surface area contributed by atoms with Crippen LogP contribution in [0.25, 0.3) is 0 Å². The molecule has 2 N–H and O–H groups in total. The molecule has 2 rings (SSSR count). The number of thiazole rings is 1. The Morgan fingerprint density at radius 3 is 3.05 bits per heavy atom. The number of guanidine groups is 1. The number of aromatic nitrogens is 1. The molecule has 0 saturated carbocycles. The van der Waals surface area contributed by atoms with Crippen LogP contribution >= 0.6 is 34.4 Å². The van der Waals surface area contributed by atoms with Crippen molar-refractivity contribution in [3.8, 4) is 0 Å². The molecule has 114 valence electrons. The van der Waals surface area contributed by atoms with Crippen LogP contribution < -0.4 is 10.6 Å². The van der Waals surface area contributed by atoms with Gasteiger partial charge in [0, 0.05) is 30.4 Å². The van der Waals surface area contributed by atoms with Crippen LogP contribution in [0.3, 0.4) is 0 Å². The van der Waals surface area contributed by atoms with Gasteiger partial charge in [0.15, 0.2) is 5.96 Å². The molecule has 0 aromatic carbocycles. The average molecular weight is 341 g/mol. The predicted molar refractivity (Wildman–Crippen MR) is 94.6 cm³/mol. The first-order valence-corrected chi connectivity index (χ1v) is 9.75. The monoisotopic (exact) mass is 340 g/mol. The Hall–Kier alpha value is -1.05. The van der Waals surface area contributed by atoms with Crippen molar-refractivity contribution in [2.24, 2.45) is 4.99 Å². The number of nitrogens with one attached hydrogen (secondary N) is 2. The van der Waals surface area contributed by atoms with Crippen LogP contribution in [0, 0.1) is 0 Å². The molecule has 21 heavy (non-hydrogen) atoms. The van der Waals surface area contributed by atoms with Crippen LogP contribution in [0.4, 0.5) is 0 Å². The minimum Gasteiger partial charge on any atom is -0.357 e. The highest BCUT2D eigenvalue weighted by Crippen LogP contribution is 2.20. The van der Waals surface area contributed by atoms with Crippen molar-refractivity contribution >= 4 is 40.4 Å². The Morgan fingerprint density at radius 2 is 2.33 bits per heavy atom. The van der Waals surface area contributed by atoms with Gasteiger partial charge in [-0.1, -0.05) is 11.8 Å². The molecule has 0 bridgehead atoms. The molecule has 2 aromatic rings. The standard InChI is InChI=1S/C14H20N4S3/c1-2-15-13(18-10-12-4-8-19-11-12)16-5-3-7-20-14-17-6-9-21-14/h4,6,8-9,11H,2-3,5,7,10H2,1H3,(H2,15,16,18). The van der Waals surface area contributed by atoms with Gasteiger partial charge in [-0.15, -0.1) is 11.3 Å². The van der Waals surface area contributed by atoms with E-state index in [9.17, 15) is 0 Å². The average Bonchev–Trinajstić information content (AvgIpc) is 3.17. The molecule has 2 heterocycles. The molecular weight excluding hydrogens is 320 g/mol. The number of aliphatic imine (C=N–C) groups is 1. The molecule has 0 fully saturated rings. The third-order valence-corrected chi connectivity index (χ3v) is 5.38. The van der Waals surface area contributed by atoms with Gasteiger partial charge in [-0.2, -0.15) is 11.3 Å². The van der Waals surface area contributed by atoms with Crippen LogP contribution in [0.2, 0.25) is 0 Å². The summed E-state index contributed by atoms with van der Waals surface area (Å²) >= 11 is 5.22. The number of hydrogen-bond acceptors (Lipinski definition) is 5. The zero-order valence-corrected chi connectivity index (χ0v) is 14.5. The lowest BCUT2D eigenvalue weighted by molar-refractivity contribution is 0.790. The molecule has 0 saturated heterocycles. The van der Waals surface area contributed by atoms with Crippen LogP contribution in [-0.4, -0.2) is 29.8 Å². The van der Waals surface area contributed by atoms with Gasteiger partial charge in [0.1, 0.15) is 4.34 Å². The molecule has 0 spiro atoms. The second-order valence-corrected chi connectivity index (χ2v) is 7.27. The van der Waals surface area contributed by atoms with Gasteiger partial charge in [0.25, 0.3) is 0 Å². The first-order chi connectivity index (χ1) is 10.4. The summed E-state index contributed by atoms with van der Waals surface area (Å²) in [6.07, 6.45) is 2.94. The summed E-state index contributed by atoms with van der Waals surface area (Å²) in [6.45, 7) is 4.62. The highest BCUT2D eigenvalue weighted by molar-refractivity contribution is 8.00. The summed E-state index contributed by atoms with van der Waals surface area (Å²) in [5.41, 5.74) is 1.26. The fraction of sp³-hybridized carbons (Fsp3) is 0.429. The number of thioether (sulfide) groups is 1. The van der Waals surface area contributed by atoms with E-state index in [2.05, 4.69) is 44.4 Å². The molecule has 0 aliphatic carbocycles. The van der Waals surface area contributed by atoms with E-state index in [1.165, 1.54) is 5.56 Å². The molecule has 7 heteroatoms. The van der Waals surface area contributed by atoms with Crippen molar-refractivity contribution in [2.45, 2.75) is 24.2 Å². The van der Waals surface area contributed by atoms with E-state index in [0.717, 1.165) is 42.1 Å². The Bertz CT molecular complexity index is 508. The Labute approximate surface area is 138 Å². The topological polar surface area (TPSA) is 49.3 Å². The summed E-state index contributed by atoms with van der Waals surface area (Å²) < 4.78 is 1.15. The van der Waals surface area contributed by atoms with Crippen molar-refractivity contribution in [1.29, 1.82) is 0 Å². The second kappa shape index (κ2) is 9.81. The fourth-order valence-corrected chi connectivity index (χ4v) is 3.92. The van der Waals surface area contributed by atoms with Gasteiger partial charge >= 0.3 is 0 Å². The maximum absolute atomic E-state index is 4.59. The highest BCUT2D eigenvalue weighted by Gasteiger charge is 1.99. The Morgan fingerprint density at radius 1 is 1.38 bits per heavy atom. The molecule has 0 amide bonds. The molecule has 0 unspecified atom stereocenters. The maximum Gasteiger partial charge on any atom is 0.191 e. The van der Waals surface area contributed by atoms with E-state index in [1.54, 1.807) is 22.7 Å². The predicted octanol–water partition coefficient (Wildman–Crippen LogP) is 3.44. The lowest BCUT2D eigenvalue weighted by Crippen LogP contribution is -2.37. The summed E-state index contributed by atoms with van der Waals surface area (Å²) in [5, 5.41) is 12.9. The zero-order valence-electron chi connectivity index (χ0n) is 12.0. The third-order valence-electron chi connectivity index (χ3n) is 2.59. The smallest absolute Gasteiger partial charge is 0.191 e. The third kappa shape index (κ3) is 6.50. The number of thiophene rings is 1. The van der Waals surface area contributed by atoms with Crippen LogP contribution in [0.5, 0.6) is 0 Å². The normalized spacial score (nSPS) is 11.6. The minimum absolute atomic E-state index is 0.729. The van der Waals surface area contributed by atoms with Crippen molar-refractivity contribution in [3.63, 3.8) is 0 Å². The van der Waals surface area contributed by atoms with Crippen LogP contribution in [-0.2, 0) is 6.54 Å². The molecule has 2 aromatic heterocycles. The Balaban J connectivity index is 1.66. The van der Waals surface area contributed by atoms with Crippen molar-refractivity contribution in [1.82, 2.24) is 15.6 Å². The van der Waals surface area contributed by atoms with Crippen molar-refractivity contribution in [3.05, 3.63) is 34.0 Å². The molecule has 0 aliphatic heterocycles. The number of nitrogens with zero attached hydrogens (tertiary/aromatic N) is 2. The zero-order chi connectivity index (χ0) is 14.8. The molecule has 0 aliphatic rings. The van der Waals surface area contributed by atoms with Crippen molar-refractivity contribution < 1.29 is 0 Å². The lowest BCUT2D eigenvalue weighted by atomic mass is 10.3. The van der Waals surface area contributed by atoms with Crippen LogP contribution in [0.1, 0.15) is 18.9 Å². The fourth-order valence-electron chi connectivity index (χ4n) is 1.61. The molecule has 0 atom stereocenters. The summed E-state index contributed by atoms with van der Waals surface area (Å²) in [7, 11) is 0. The molecular formula is C14H20N4S3. The Kier molecular flexibility index (Phi) is 7.62. The van der Waals surface area contributed by atoms with Gasteiger partial charge in [-0.3, -0.25) is 0 Å². The van der Waals surface area contributed by atoms with Gasteiger partial charge in [0.05, 0.1) is 6.54 Å². The van der Waals surface area contributed by atoms with Crippen LogP contribution in [0.15, 0.2) is 37.7 Å². The first kappa shape index (κ1) is 16.3. The van der Waals surface area contributed by atoms with E-state index < -0.39 is 0 Å². The van der Waals surface area contributed by atoms with E-state index in [-0.39, 0.29) is 0 Å². The van der Waals surface area contributed by atoms with E-state index in [4.69, 9.17) is 0 Å². The molecule has 4 nitrogen and oxygen atoms in total. The van der Waals surface area contributed by atoms with Gasteiger partial charge in [-0.05, 0) is 35.7 Å². The summed E-state index contributed by atoms with van der Waals surface area (Å²) in [4.78, 5) is 8.85. The SMILES string of the molecule is CCNC(=NCc1ccsc1)NCCCSc1nccs1. The van der Waals surface area contributed by atoms with Crippen molar-refractivity contribution in [2.75, 3.05) is 18.8 Å². The summed E-state index contributed by atoms with van der Waals surface area (Å²) in [6, 6.07) is 2.11. The number of rotatable bonds is 8. The lowest BCUT2D eigenvalue weighted by Gasteiger charge is -2.10. The van der Waals surface area contributed by atoms with Gasteiger partial charge in [0.2, 0.25) is 0 Å². The highest BCUT2D eigenvalue weighted by atomic mass is 32.2. The summed E-state index contributed by atoms with van der Waals surface area (Å²) in [5.74, 6) is 1.97. The van der Waals surface area contributed by atoms with Gasteiger partial charge < -0.3 is 10.6 Å². The second-order valence-electron chi connectivity index (χ2n) is 4.25. The largest absolute Gasteiger partial charge is 0.357 e. The minimum atomic E-state index is 0.729. The maximum atomic E-state index is 4.59.